The Kier molecular flexibility index (Phi) is 2.07. The quantitative estimate of drug-likeness (QED) is 0.665. The third kappa shape index (κ3) is 1.57. The zero-order chi connectivity index (χ0) is 9.64. The first-order chi connectivity index (χ1) is 5.99. The Morgan fingerprint density at radius 1 is 1.38 bits per heavy atom. The maximum atomic E-state index is 13.2. The first-order valence-electron chi connectivity index (χ1n) is 4.87. The third-order valence-corrected chi connectivity index (χ3v) is 3.07. The van der Waals surface area contributed by atoms with E-state index in [0.29, 0.717) is 12.6 Å². The van der Waals surface area contributed by atoms with Crippen molar-refractivity contribution in [2.75, 3.05) is 13.1 Å². The van der Waals surface area contributed by atoms with E-state index in [2.05, 4.69) is 24.1 Å². The van der Waals surface area contributed by atoms with Gasteiger partial charge in [0.1, 0.15) is 0 Å². The molecule has 0 aromatic carbocycles. The second kappa shape index (κ2) is 2.89. The molecule has 2 rings (SSSR count). The van der Waals surface area contributed by atoms with Gasteiger partial charge in [0.25, 0.3) is 5.92 Å². The van der Waals surface area contributed by atoms with Crippen molar-refractivity contribution < 1.29 is 8.78 Å². The number of nitrogens with zero attached hydrogens (tertiary/aromatic N) is 1. The van der Waals surface area contributed by atoms with Crippen molar-refractivity contribution in [2.24, 2.45) is 0 Å². The van der Waals surface area contributed by atoms with E-state index in [1.54, 1.807) is 0 Å². The van der Waals surface area contributed by atoms with E-state index in [1.165, 1.54) is 0 Å². The highest BCUT2D eigenvalue weighted by Gasteiger charge is 2.52. The summed E-state index contributed by atoms with van der Waals surface area (Å²) in [6.45, 7) is 5.37. The van der Waals surface area contributed by atoms with Gasteiger partial charge in [-0.15, -0.1) is 0 Å². The summed E-state index contributed by atoms with van der Waals surface area (Å²) >= 11 is 0. The number of rotatable bonds is 1. The van der Waals surface area contributed by atoms with Crippen LogP contribution in [0.1, 0.15) is 20.3 Å². The van der Waals surface area contributed by atoms with E-state index in [1.807, 2.05) is 0 Å². The summed E-state index contributed by atoms with van der Waals surface area (Å²) in [6.07, 6.45) is 0.0148. The standard InChI is InChI=1S/C9H16F2N2/c1-6(2)13-4-7-3-9(10,11)8(5-13)12-7/h6-8,12H,3-5H2,1-2H3. The van der Waals surface area contributed by atoms with Crippen LogP contribution in [0.15, 0.2) is 0 Å². The third-order valence-electron chi connectivity index (χ3n) is 3.07. The number of nitrogens with one attached hydrogen (secondary N) is 1. The summed E-state index contributed by atoms with van der Waals surface area (Å²) in [4.78, 5) is 2.13. The van der Waals surface area contributed by atoms with Gasteiger partial charge in [0, 0.05) is 31.6 Å². The molecule has 0 spiro atoms. The number of hydrogen-bond donors (Lipinski definition) is 1. The summed E-state index contributed by atoms with van der Waals surface area (Å²) in [5.74, 6) is -2.49. The molecule has 2 heterocycles. The van der Waals surface area contributed by atoms with Crippen molar-refractivity contribution in [3.63, 3.8) is 0 Å². The van der Waals surface area contributed by atoms with E-state index in [4.69, 9.17) is 0 Å². The molecule has 0 saturated carbocycles. The van der Waals surface area contributed by atoms with Crippen LogP contribution in [-0.4, -0.2) is 42.0 Å². The zero-order valence-electron chi connectivity index (χ0n) is 8.06. The molecule has 2 bridgehead atoms. The topological polar surface area (TPSA) is 15.3 Å². The Bertz CT molecular complexity index is 206. The van der Waals surface area contributed by atoms with Crippen molar-refractivity contribution >= 4 is 0 Å². The fourth-order valence-electron chi connectivity index (χ4n) is 2.25. The average Bonchev–Trinajstić information content (AvgIpc) is 2.21. The highest BCUT2D eigenvalue weighted by molar-refractivity contribution is 5.03. The SMILES string of the molecule is CC(C)N1CC2CC(F)(F)C(C1)N2. The first-order valence-corrected chi connectivity index (χ1v) is 4.87. The number of fused-ring (bicyclic) bond motifs is 2. The highest BCUT2D eigenvalue weighted by atomic mass is 19.3. The van der Waals surface area contributed by atoms with Crippen molar-refractivity contribution in [3.05, 3.63) is 0 Å². The lowest BCUT2D eigenvalue weighted by Gasteiger charge is -2.35. The van der Waals surface area contributed by atoms with E-state index in [0.717, 1.165) is 6.54 Å². The molecule has 2 aliphatic rings. The predicted octanol–water partition coefficient (Wildman–Crippen LogP) is 1.08. The number of likely N-dealkylation sites (tertiary alicyclic amines) is 1. The van der Waals surface area contributed by atoms with Crippen LogP contribution in [0.5, 0.6) is 0 Å². The fraction of sp³-hybridized carbons (Fsp3) is 1.00. The molecule has 0 aliphatic carbocycles. The Labute approximate surface area is 77.3 Å². The first kappa shape index (κ1) is 9.34. The molecule has 1 N–H and O–H groups in total. The lowest BCUT2D eigenvalue weighted by atomic mass is 10.1. The van der Waals surface area contributed by atoms with E-state index < -0.39 is 12.0 Å². The van der Waals surface area contributed by atoms with Crippen LogP contribution >= 0.6 is 0 Å². The van der Waals surface area contributed by atoms with Gasteiger partial charge < -0.3 is 5.32 Å². The molecule has 2 atom stereocenters. The van der Waals surface area contributed by atoms with Crippen molar-refractivity contribution in [1.29, 1.82) is 0 Å². The Morgan fingerprint density at radius 2 is 2.08 bits per heavy atom. The minimum Gasteiger partial charge on any atom is -0.303 e. The molecule has 2 aliphatic heterocycles. The van der Waals surface area contributed by atoms with E-state index in [9.17, 15) is 8.78 Å². The lowest BCUT2D eigenvalue weighted by molar-refractivity contribution is -0.0178. The van der Waals surface area contributed by atoms with Gasteiger partial charge >= 0.3 is 0 Å². The Balaban J connectivity index is 2.08. The number of alkyl halides is 2. The van der Waals surface area contributed by atoms with Gasteiger partial charge in [-0.25, -0.2) is 8.78 Å². The Hall–Kier alpha value is -0.220. The summed E-state index contributed by atoms with van der Waals surface area (Å²) < 4.78 is 26.5. The normalized spacial score (nSPS) is 38.5. The molecule has 2 nitrogen and oxygen atoms in total. The number of hydrogen-bond acceptors (Lipinski definition) is 2. The average molecular weight is 190 g/mol. The van der Waals surface area contributed by atoms with Crippen LogP contribution in [0.4, 0.5) is 8.78 Å². The van der Waals surface area contributed by atoms with Gasteiger partial charge in [0.15, 0.2) is 0 Å². The van der Waals surface area contributed by atoms with Gasteiger partial charge in [0.2, 0.25) is 0 Å². The molecule has 2 fully saturated rings. The molecule has 0 aromatic rings. The Morgan fingerprint density at radius 3 is 2.62 bits per heavy atom. The lowest BCUT2D eigenvalue weighted by Crippen LogP contribution is -2.55. The van der Waals surface area contributed by atoms with Crippen molar-refractivity contribution in [1.82, 2.24) is 10.2 Å². The van der Waals surface area contributed by atoms with Crippen LogP contribution in [0, 0.1) is 0 Å². The maximum absolute atomic E-state index is 13.2. The second-order valence-corrected chi connectivity index (χ2v) is 4.43. The molecule has 0 amide bonds. The molecule has 13 heavy (non-hydrogen) atoms. The number of halogens is 2. The maximum Gasteiger partial charge on any atom is 0.265 e. The smallest absolute Gasteiger partial charge is 0.265 e. The summed E-state index contributed by atoms with van der Waals surface area (Å²) in [5, 5.41) is 2.97. The minimum atomic E-state index is -2.49. The van der Waals surface area contributed by atoms with Gasteiger partial charge in [-0.3, -0.25) is 4.90 Å². The molecular weight excluding hydrogens is 174 g/mol. The van der Waals surface area contributed by atoms with Crippen LogP contribution in [0.3, 0.4) is 0 Å². The van der Waals surface area contributed by atoms with Gasteiger partial charge in [-0.2, -0.15) is 0 Å². The predicted molar refractivity (Wildman–Crippen MR) is 47.0 cm³/mol. The number of piperazine rings is 1. The van der Waals surface area contributed by atoms with E-state index in [-0.39, 0.29) is 12.5 Å². The van der Waals surface area contributed by atoms with Gasteiger partial charge in [0.05, 0.1) is 6.04 Å². The van der Waals surface area contributed by atoms with Gasteiger partial charge in [-0.1, -0.05) is 0 Å². The monoisotopic (exact) mass is 190 g/mol. The molecule has 0 radical (unpaired) electrons. The van der Waals surface area contributed by atoms with Crippen LogP contribution < -0.4 is 5.32 Å². The van der Waals surface area contributed by atoms with Crippen LogP contribution in [-0.2, 0) is 0 Å². The fourth-order valence-corrected chi connectivity index (χ4v) is 2.25. The largest absolute Gasteiger partial charge is 0.303 e. The molecule has 76 valence electrons. The molecule has 2 saturated heterocycles. The molecule has 0 aromatic heterocycles. The summed E-state index contributed by atoms with van der Waals surface area (Å²) in [7, 11) is 0. The molecule has 4 heteroatoms. The highest BCUT2D eigenvalue weighted by Crippen LogP contribution is 2.35. The minimum absolute atomic E-state index is 0.00356. The van der Waals surface area contributed by atoms with Gasteiger partial charge in [-0.05, 0) is 13.8 Å². The van der Waals surface area contributed by atoms with Crippen molar-refractivity contribution in [2.45, 2.75) is 44.3 Å². The summed E-state index contributed by atoms with van der Waals surface area (Å²) in [6, 6.07) is -0.245. The molecule has 2 unspecified atom stereocenters. The zero-order valence-corrected chi connectivity index (χ0v) is 8.06. The van der Waals surface area contributed by atoms with Crippen LogP contribution in [0.2, 0.25) is 0 Å². The van der Waals surface area contributed by atoms with E-state index >= 15 is 0 Å². The second-order valence-electron chi connectivity index (χ2n) is 4.43. The van der Waals surface area contributed by atoms with Crippen molar-refractivity contribution in [3.8, 4) is 0 Å². The molecular formula is C9H16F2N2. The summed E-state index contributed by atoms with van der Waals surface area (Å²) in [5.41, 5.74) is 0. The van der Waals surface area contributed by atoms with Crippen LogP contribution in [0.25, 0.3) is 0 Å².